The van der Waals surface area contributed by atoms with Gasteiger partial charge in [0.2, 0.25) is 0 Å². The summed E-state index contributed by atoms with van der Waals surface area (Å²) in [6.07, 6.45) is 1.37. The lowest BCUT2D eigenvalue weighted by molar-refractivity contribution is 0.509. The third-order valence-electron chi connectivity index (χ3n) is 1.95. The molecule has 1 heterocycles. The molecule has 0 radical (unpaired) electrons. The molecule has 0 saturated heterocycles. The fourth-order valence-electron chi connectivity index (χ4n) is 1.17. The monoisotopic (exact) mass is 334 g/mol. The molecule has 82 valence electrons. The number of hydrogen-bond acceptors (Lipinski definition) is 2. The van der Waals surface area contributed by atoms with Gasteiger partial charge in [-0.25, -0.2) is 13.8 Å². The van der Waals surface area contributed by atoms with Crippen LogP contribution in [0.1, 0.15) is 0 Å². The molecule has 16 heavy (non-hydrogen) atoms. The van der Waals surface area contributed by atoms with Crippen molar-refractivity contribution in [1.82, 2.24) is 9.97 Å². The molecule has 1 N–H and O–H groups in total. The Labute approximate surface area is 103 Å². The molecule has 0 saturated carbocycles. The van der Waals surface area contributed by atoms with E-state index in [-0.39, 0.29) is 11.4 Å². The lowest BCUT2D eigenvalue weighted by Gasteiger charge is -2.01. The summed E-state index contributed by atoms with van der Waals surface area (Å²) >= 11 is 1.83. The van der Waals surface area contributed by atoms with Crippen LogP contribution in [-0.2, 0) is 0 Å². The summed E-state index contributed by atoms with van der Waals surface area (Å²) in [7, 11) is 0. The van der Waals surface area contributed by atoms with Crippen molar-refractivity contribution >= 4 is 22.6 Å². The predicted molar refractivity (Wildman–Crippen MR) is 62.9 cm³/mol. The van der Waals surface area contributed by atoms with Gasteiger partial charge in [-0.1, -0.05) is 0 Å². The van der Waals surface area contributed by atoms with Gasteiger partial charge < -0.3 is 4.98 Å². The standard InChI is InChI=1S/C10H5F2IN2O/c11-6-2-1-5(3-7(6)12)9-14-4-8(13)10(16)15-9/h1-4H,(H,14,15,16). The van der Waals surface area contributed by atoms with Gasteiger partial charge in [0.25, 0.3) is 5.56 Å². The summed E-state index contributed by atoms with van der Waals surface area (Å²) < 4.78 is 26.1. The summed E-state index contributed by atoms with van der Waals surface area (Å²) in [5, 5.41) is 0. The first-order valence-corrected chi connectivity index (χ1v) is 5.36. The first-order valence-electron chi connectivity index (χ1n) is 4.28. The lowest BCUT2D eigenvalue weighted by atomic mass is 10.2. The largest absolute Gasteiger partial charge is 0.306 e. The molecule has 3 nitrogen and oxygen atoms in total. The molecule has 6 heteroatoms. The lowest BCUT2D eigenvalue weighted by Crippen LogP contribution is -2.11. The summed E-state index contributed by atoms with van der Waals surface area (Å²) in [5.74, 6) is -1.69. The van der Waals surface area contributed by atoms with Gasteiger partial charge in [0.15, 0.2) is 11.6 Å². The first-order chi connectivity index (χ1) is 7.58. The number of nitrogens with one attached hydrogen (secondary N) is 1. The summed E-state index contributed by atoms with van der Waals surface area (Å²) in [5.41, 5.74) is 0.0164. The fourth-order valence-corrected chi connectivity index (χ4v) is 1.44. The Bertz CT molecular complexity index is 598. The highest BCUT2D eigenvalue weighted by Gasteiger charge is 2.06. The van der Waals surface area contributed by atoms with Crippen LogP contribution in [0.2, 0.25) is 0 Å². The molecule has 0 aliphatic carbocycles. The number of hydrogen-bond donors (Lipinski definition) is 1. The van der Waals surface area contributed by atoms with E-state index in [1.807, 2.05) is 22.6 Å². The number of benzene rings is 1. The molecule has 2 rings (SSSR count). The van der Waals surface area contributed by atoms with Gasteiger partial charge in [-0.2, -0.15) is 0 Å². The zero-order valence-electron chi connectivity index (χ0n) is 7.80. The summed E-state index contributed by atoms with van der Waals surface area (Å²) in [6, 6.07) is 3.33. The molecule has 0 unspecified atom stereocenters. The molecule has 0 fully saturated rings. The van der Waals surface area contributed by atoms with Gasteiger partial charge in [0.1, 0.15) is 5.82 Å². The first kappa shape index (κ1) is 11.2. The van der Waals surface area contributed by atoms with Crippen molar-refractivity contribution in [3.8, 4) is 11.4 Å². The van der Waals surface area contributed by atoms with Crippen molar-refractivity contribution in [3.05, 3.63) is 50.0 Å². The summed E-state index contributed by atoms with van der Waals surface area (Å²) in [4.78, 5) is 17.7. The molecular weight excluding hydrogens is 329 g/mol. The number of nitrogens with zero attached hydrogens (tertiary/aromatic N) is 1. The quantitative estimate of drug-likeness (QED) is 0.814. The molecule has 0 aliphatic rings. The van der Waals surface area contributed by atoms with E-state index < -0.39 is 11.6 Å². The zero-order chi connectivity index (χ0) is 11.7. The Kier molecular flexibility index (Phi) is 2.99. The van der Waals surface area contributed by atoms with Crippen LogP contribution in [0.4, 0.5) is 8.78 Å². The number of halogens is 3. The SMILES string of the molecule is O=c1[nH]c(-c2ccc(F)c(F)c2)ncc1I. The van der Waals surface area contributed by atoms with E-state index in [2.05, 4.69) is 9.97 Å². The van der Waals surface area contributed by atoms with Crippen LogP contribution in [0.25, 0.3) is 11.4 Å². The molecule has 1 aromatic carbocycles. The van der Waals surface area contributed by atoms with Crippen LogP contribution in [-0.4, -0.2) is 9.97 Å². The van der Waals surface area contributed by atoms with Crippen molar-refractivity contribution in [2.45, 2.75) is 0 Å². The van der Waals surface area contributed by atoms with Crippen molar-refractivity contribution in [2.75, 3.05) is 0 Å². The Balaban J connectivity index is 2.55. The molecule has 0 spiro atoms. The predicted octanol–water partition coefficient (Wildman–Crippen LogP) is 2.32. The van der Waals surface area contributed by atoms with E-state index in [1.54, 1.807) is 0 Å². The second-order valence-corrected chi connectivity index (χ2v) is 4.20. The molecule has 0 amide bonds. The van der Waals surface area contributed by atoms with Crippen LogP contribution in [0.3, 0.4) is 0 Å². The maximum atomic E-state index is 12.9. The van der Waals surface area contributed by atoms with Crippen molar-refractivity contribution in [1.29, 1.82) is 0 Å². The van der Waals surface area contributed by atoms with E-state index in [0.717, 1.165) is 12.1 Å². The normalized spacial score (nSPS) is 10.4. The van der Waals surface area contributed by atoms with Crippen LogP contribution in [0.5, 0.6) is 0 Å². The van der Waals surface area contributed by atoms with E-state index in [0.29, 0.717) is 9.13 Å². The van der Waals surface area contributed by atoms with Crippen molar-refractivity contribution in [3.63, 3.8) is 0 Å². The van der Waals surface area contributed by atoms with Crippen LogP contribution in [0.15, 0.2) is 29.2 Å². The minimum absolute atomic E-state index is 0.212. The number of aromatic amines is 1. The number of H-pyrrole nitrogens is 1. The van der Waals surface area contributed by atoms with E-state index in [1.165, 1.54) is 12.3 Å². The topological polar surface area (TPSA) is 45.8 Å². The Morgan fingerprint density at radius 3 is 2.62 bits per heavy atom. The average molecular weight is 334 g/mol. The Morgan fingerprint density at radius 1 is 1.25 bits per heavy atom. The van der Waals surface area contributed by atoms with E-state index in [4.69, 9.17) is 0 Å². The van der Waals surface area contributed by atoms with Crippen molar-refractivity contribution in [2.24, 2.45) is 0 Å². The van der Waals surface area contributed by atoms with Gasteiger partial charge in [-0.3, -0.25) is 4.79 Å². The van der Waals surface area contributed by atoms with Gasteiger partial charge in [0.05, 0.1) is 3.57 Å². The highest BCUT2D eigenvalue weighted by atomic mass is 127. The van der Waals surface area contributed by atoms with Crippen LogP contribution < -0.4 is 5.56 Å². The Morgan fingerprint density at radius 2 is 2.00 bits per heavy atom. The van der Waals surface area contributed by atoms with Crippen LogP contribution >= 0.6 is 22.6 Å². The maximum Gasteiger partial charge on any atom is 0.264 e. The van der Waals surface area contributed by atoms with E-state index in [9.17, 15) is 13.6 Å². The van der Waals surface area contributed by atoms with Gasteiger partial charge in [-0.05, 0) is 40.8 Å². The minimum Gasteiger partial charge on any atom is -0.306 e. The molecule has 0 bridgehead atoms. The highest BCUT2D eigenvalue weighted by Crippen LogP contribution is 2.16. The van der Waals surface area contributed by atoms with Gasteiger partial charge >= 0.3 is 0 Å². The van der Waals surface area contributed by atoms with Gasteiger partial charge in [-0.15, -0.1) is 0 Å². The van der Waals surface area contributed by atoms with E-state index >= 15 is 0 Å². The fraction of sp³-hybridized carbons (Fsp3) is 0. The average Bonchev–Trinajstić information content (AvgIpc) is 2.26. The second kappa shape index (κ2) is 4.28. The molecule has 0 aliphatic heterocycles. The van der Waals surface area contributed by atoms with Crippen LogP contribution in [0, 0.1) is 15.2 Å². The second-order valence-electron chi connectivity index (χ2n) is 3.04. The summed E-state index contributed by atoms with van der Waals surface area (Å²) in [6.45, 7) is 0. The third kappa shape index (κ3) is 2.11. The smallest absolute Gasteiger partial charge is 0.264 e. The maximum absolute atomic E-state index is 12.9. The minimum atomic E-state index is -0.973. The zero-order valence-corrected chi connectivity index (χ0v) is 9.96. The third-order valence-corrected chi connectivity index (χ3v) is 2.72. The number of aromatic nitrogens is 2. The van der Waals surface area contributed by atoms with Crippen molar-refractivity contribution < 1.29 is 8.78 Å². The number of rotatable bonds is 1. The molecule has 0 atom stereocenters. The molecule has 1 aromatic heterocycles. The Hall–Kier alpha value is -1.31. The van der Waals surface area contributed by atoms with Gasteiger partial charge in [0, 0.05) is 11.8 Å². The highest BCUT2D eigenvalue weighted by molar-refractivity contribution is 14.1. The molecule has 2 aromatic rings. The molecular formula is C10H5F2IN2O.